The van der Waals surface area contributed by atoms with E-state index in [2.05, 4.69) is 17.3 Å². The molecule has 1 aromatic rings. The smallest absolute Gasteiger partial charge is 0.272 e. The summed E-state index contributed by atoms with van der Waals surface area (Å²) in [5.41, 5.74) is 0.164. The van der Waals surface area contributed by atoms with Gasteiger partial charge in [0.1, 0.15) is 0 Å². The Hall–Kier alpha value is -2.83. The van der Waals surface area contributed by atoms with Gasteiger partial charge in [0, 0.05) is 6.07 Å². The van der Waals surface area contributed by atoms with Crippen molar-refractivity contribution in [2.75, 3.05) is 0 Å². The van der Waals surface area contributed by atoms with E-state index in [9.17, 15) is 19.7 Å². The van der Waals surface area contributed by atoms with Gasteiger partial charge in [-0.05, 0) is 36.2 Å². The molecule has 1 heterocycles. The maximum Gasteiger partial charge on any atom is 0.278 e. The van der Waals surface area contributed by atoms with Crippen LogP contribution in [0.25, 0.3) is 0 Å². The van der Waals surface area contributed by atoms with Crippen LogP contribution in [0.4, 0.5) is 5.69 Å². The number of imide groups is 1. The number of benzene rings is 1. The second-order valence-corrected chi connectivity index (χ2v) is 7.20. The lowest BCUT2D eigenvalue weighted by Crippen LogP contribution is -2.40. The number of hydrogen-bond donors (Lipinski definition) is 0. The Labute approximate surface area is 143 Å². The molecule has 6 unspecified atom stereocenters. The van der Waals surface area contributed by atoms with Gasteiger partial charge in [-0.1, -0.05) is 24.3 Å². The number of rotatable bonds is 3. The Bertz CT molecular complexity index is 841. The van der Waals surface area contributed by atoms with E-state index in [1.807, 2.05) is 0 Å². The number of carbonyl (C=O) groups excluding carboxylic acids is 2. The number of hydrazone groups is 1. The molecule has 2 amide bonds. The van der Waals surface area contributed by atoms with Gasteiger partial charge in [-0.3, -0.25) is 19.7 Å². The number of amides is 2. The van der Waals surface area contributed by atoms with Gasteiger partial charge in [0.05, 0.1) is 28.5 Å². The minimum absolute atomic E-state index is 0.106. The highest BCUT2D eigenvalue weighted by Gasteiger charge is 2.67. The fourth-order valence-electron chi connectivity index (χ4n) is 4.94. The second kappa shape index (κ2) is 4.84. The molecule has 2 bridgehead atoms. The molecule has 0 N–H and O–H groups in total. The first-order valence-electron chi connectivity index (χ1n) is 8.41. The predicted octanol–water partition coefficient (Wildman–Crippen LogP) is 1.98. The van der Waals surface area contributed by atoms with E-state index in [0.29, 0.717) is 11.8 Å². The maximum absolute atomic E-state index is 12.8. The van der Waals surface area contributed by atoms with E-state index >= 15 is 0 Å². The summed E-state index contributed by atoms with van der Waals surface area (Å²) in [5.74, 6) is 0.192. The molecule has 5 aliphatic rings. The summed E-state index contributed by atoms with van der Waals surface area (Å²) >= 11 is 0. The Morgan fingerprint density at radius 3 is 2.28 bits per heavy atom. The number of para-hydroxylation sites is 1. The molecule has 126 valence electrons. The lowest BCUT2D eigenvalue weighted by Gasteiger charge is -2.37. The highest BCUT2D eigenvalue weighted by atomic mass is 16.6. The summed E-state index contributed by atoms with van der Waals surface area (Å²) in [7, 11) is 0. The largest absolute Gasteiger partial charge is 0.278 e. The first kappa shape index (κ1) is 14.5. The van der Waals surface area contributed by atoms with Crippen molar-refractivity contribution < 1.29 is 14.5 Å². The molecule has 2 saturated carbocycles. The first-order chi connectivity index (χ1) is 12.1. The molecule has 0 radical (unpaired) electrons. The van der Waals surface area contributed by atoms with Crippen LogP contribution < -0.4 is 0 Å². The van der Waals surface area contributed by atoms with Crippen LogP contribution in [0, 0.1) is 45.6 Å². The van der Waals surface area contributed by atoms with Crippen LogP contribution >= 0.6 is 0 Å². The SMILES string of the molecule is O=C1C2C3C=CC(C4CC34)C2C(=O)N1N=Cc1ccccc1[N+](=O)[O-]. The van der Waals surface area contributed by atoms with Crippen molar-refractivity contribution in [1.29, 1.82) is 0 Å². The average molecular weight is 337 g/mol. The molecule has 3 fully saturated rings. The van der Waals surface area contributed by atoms with E-state index in [0.717, 1.165) is 11.4 Å². The number of nitrogens with zero attached hydrogens (tertiary/aromatic N) is 3. The van der Waals surface area contributed by atoms with Gasteiger partial charge in [-0.2, -0.15) is 10.1 Å². The van der Waals surface area contributed by atoms with Crippen LogP contribution in [0.5, 0.6) is 0 Å². The third-order valence-corrected chi connectivity index (χ3v) is 6.09. The summed E-state index contributed by atoms with van der Waals surface area (Å²) in [6.07, 6.45) is 6.54. The fourth-order valence-corrected chi connectivity index (χ4v) is 4.94. The van der Waals surface area contributed by atoms with E-state index in [1.165, 1.54) is 12.3 Å². The number of nitro benzene ring substituents is 1. The minimum Gasteiger partial charge on any atom is -0.272 e. The highest BCUT2D eigenvalue weighted by molar-refractivity contribution is 6.06. The van der Waals surface area contributed by atoms with Gasteiger partial charge in [0.25, 0.3) is 17.5 Å². The Balaban J connectivity index is 1.46. The number of nitro groups is 1. The normalized spacial score (nSPS) is 37.5. The maximum atomic E-state index is 12.8. The fraction of sp³-hybridized carbons (Fsp3) is 0.389. The lowest BCUT2D eigenvalue weighted by atomic mass is 9.63. The zero-order valence-corrected chi connectivity index (χ0v) is 13.2. The molecular formula is C18H15N3O4. The van der Waals surface area contributed by atoms with Crippen LogP contribution in [0.1, 0.15) is 12.0 Å². The Morgan fingerprint density at radius 1 is 1.08 bits per heavy atom. The van der Waals surface area contributed by atoms with Gasteiger partial charge < -0.3 is 0 Å². The van der Waals surface area contributed by atoms with Crippen molar-refractivity contribution in [3.8, 4) is 0 Å². The average Bonchev–Trinajstić information content (AvgIpc) is 3.39. The molecule has 7 nitrogen and oxygen atoms in total. The number of allylic oxidation sites excluding steroid dienone is 2. The summed E-state index contributed by atoms with van der Waals surface area (Å²) in [6.45, 7) is 0. The molecule has 6 rings (SSSR count). The molecule has 6 atom stereocenters. The van der Waals surface area contributed by atoms with Crippen LogP contribution in [0.2, 0.25) is 0 Å². The zero-order chi connectivity index (χ0) is 17.3. The summed E-state index contributed by atoms with van der Waals surface area (Å²) in [5, 5.41) is 16.0. The Kier molecular flexibility index (Phi) is 2.81. The van der Waals surface area contributed by atoms with Crippen molar-refractivity contribution in [2.45, 2.75) is 6.42 Å². The summed E-state index contributed by atoms with van der Waals surface area (Å²) in [4.78, 5) is 36.1. The van der Waals surface area contributed by atoms with Crippen LogP contribution in [-0.4, -0.2) is 28.0 Å². The van der Waals surface area contributed by atoms with Gasteiger partial charge in [0.2, 0.25) is 0 Å². The monoisotopic (exact) mass is 337 g/mol. The van der Waals surface area contributed by atoms with Gasteiger partial charge >= 0.3 is 0 Å². The molecule has 1 saturated heterocycles. The van der Waals surface area contributed by atoms with Crippen LogP contribution in [0.15, 0.2) is 41.5 Å². The van der Waals surface area contributed by atoms with E-state index < -0.39 is 4.92 Å². The molecule has 1 aliphatic heterocycles. The number of carbonyl (C=O) groups is 2. The Morgan fingerprint density at radius 2 is 1.68 bits per heavy atom. The van der Waals surface area contributed by atoms with E-state index in [1.54, 1.807) is 18.2 Å². The molecular weight excluding hydrogens is 322 g/mol. The van der Waals surface area contributed by atoms with Crippen molar-refractivity contribution >= 4 is 23.7 Å². The van der Waals surface area contributed by atoms with Gasteiger partial charge in [-0.15, -0.1) is 0 Å². The van der Waals surface area contributed by atoms with E-state index in [-0.39, 0.29) is 46.7 Å². The molecule has 0 spiro atoms. The highest BCUT2D eigenvalue weighted by Crippen LogP contribution is 2.65. The van der Waals surface area contributed by atoms with Crippen molar-refractivity contribution in [1.82, 2.24) is 5.01 Å². The third-order valence-electron chi connectivity index (χ3n) is 6.09. The van der Waals surface area contributed by atoms with Crippen molar-refractivity contribution in [3.05, 3.63) is 52.1 Å². The lowest BCUT2D eigenvalue weighted by molar-refractivity contribution is -0.385. The quantitative estimate of drug-likeness (QED) is 0.277. The topological polar surface area (TPSA) is 92.9 Å². The first-order valence-corrected chi connectivity index (χ1v) is 8.41. The van der Waals surface area contributed by atoms with Gasteiger partial charge in [-0.25, -0.2) is 0 Å². The molecule has 0 aromatic heterocycles. The van der Waals surface area contributed by atoms with Crippen molar-refractivity contribution in [3.63, 3.8) is 0 Å². The standard InChI is InChI=1S/C18H15N3O4/c22-17-15-10-5-6-11(13-7-12(10)13)16(15)18(23)20(17)19-8-9-3-1-2-4-14(9)21(24)25/h1-6,8,10-13,15-16H,7H2. The second-order valence-electron chi connectivity index (χ2n) is 7.20. The van der Waals surface area contributed by atoms with Crippen LogP contribution in [0.3, 0.4) is 0 Å². The number of hydrogen-bond acceptors (Lipinski definition) is 5. The molecule has 1 aromatic carbocycles. The molecule has 7 heteroatoms. The van der Waals surface area contributed by atoms with Crippen LogP contribution in [-0.2, 0) is 9.59 Å². The predicted molar refractivity (Wildman–Crippen MR) is 87.2 cm³/mol. The summed E-state index contributed by atoms with van der Waals surface area (Å²) < 4.78 is 0. The molecule has 4 aliphatic carbocycles. The van der Waals surface area contributed by atoms with Gasteiger partial charge in [0.15, 0.2) is 0 Å². The zero-order valence-electron chi connectivity index (χ0n) is 13.2. The van der Waals surface area contributed by atoms with Crippen molar-refractivity contribution in [2.24, 2.45) is 40.6 Å². The third kappa shape index (κ3) is 1.89. The van der Waals surface area contributed by atoms with E-state index in [4.69, 9.17) is 0 Å². The molecule has 25 heavy (non-hydrogen) atoms. The summed E-state index contributed by atoms with van der Waals surface area (Å²) in [6, 6.07) is 6.12. The minimum atomic E-state index is -0.508.